The minimum atomic E-state index is -0.128. The SMILES string of the molecule is CNc1ncccc1C(=O)NCc1ccccc1. The predicted octanol–water partition coefficient (Wildman–Crippen LogP) is 2.05. The van der Waals surface area contributed by atoms with E-state index in [1.807, 2.05) is 30.3 Å². The molecule has 1 aromatic carbocycles. The number of hydrogen-bond donors (Lipinski definition) is 2. The summed E-state index contributed by atoms with van der Waals surface area (Å²) in [6.45, 7) is 0.512. The van der Waals surface area contributed by atoms with Crippen LogP contribution in [0.15, 0.2) is 48.7 Å². The van der Waals surface area contributed by atoms with E-state index in [4.69, 9.17) is 0 Å². The first-order valence-corrected chi connectivity index (χ1v) is 5.76. The van der Waals surface area contributed by atoms with Crippen molar-refractivity contribution in [2.75, 3.05) is 12.4 Å². The van der Waals surface area contributed by atoms with Crippen molar-refractivity contribution in [1.29, 1.82) is 0 Å². The maximum atomic E-state index is 12.0. The van der Waals surface area contributed by atoms with Gasteiger partial charge in [0.15, 0.2) is 0 Å². The lowest BCUT2D eigenvalue weighted by Gasteiger charge is -2.08. The van der Waals surface area contributed by atoms with Gasteiger partial charge in [-0.15, -0.1) is 0 Å². The summed E-state index contributed by atoms with van der Waals surface area (Å²) in [5, 5.41) is 5.77. The molecule has 2 aromatic rings. The highest BCUT2D eigenvalue weighted by Gasteiger charge is 2.10. The number of carbonyl (C=O) groups is 1. The Hall–Kier alpha value is -2.36. The number of aromatic nitrogens is 1. The number of anilines is 1. The van der Waals surface area contributed by atoms with Gasteiger partial charge in [-0.05, 0) is 17.7 Å². The number of nitrogens with zero attached hydrogens (tertiary/aromatic N) is 1. The van der Waals surface area contributed by atoms with Crippen LogP contribution < -0.4 is 10.6 Å². The molecule has 0 fully saturated rings. The third-order valence-electron chi connectivity index (χ3n) is 2.59. The van der Waals surface area contributed by atoms with Gasteiger partial charge in [0.25, 0.3) is 5.91 Å². The van der Waals surface area contributed by atoms with Crippen molar-refractivity contribution in [3.63, 3.8) is 0 Å². The minimum Gasteiger partial charge on any atom is -0.372 e. The van der Waals surface area contributed by atoms with E-state index in [0.29, 0.717) is 17.9 Å². The number of hydrogen-bond acceptors (Lipinski definition) is 3. The summed E-state index contributed by atoms with van der Waals surface area (Å²) >= 11 is 0. The van der Waals surface area contributed by atoms with Crippen LogP contribution in [-0.2, 0) is 6.54 Å². The number of benzene rings is 1. The van der Waals surface area contributed by atoms with Crippen molar-refractivity contribution in [3.8, 4) is 0 Å². The molecule has 4 heteroatoms. The Labute approximate surface area is 106 Å². The second kappa shape index (κ2) is 5.82. The zero-order valence-corrected chi connectivity index (χ0v) is 10.2. The van der Waals surface area contributed by atoms with Gasteiger partial charge in [0.2, 0.25) is 0 Å². The van der Waals surface area contributed by atoms with Gasteiger partial charge >= 0.3 is 0 Å². The first-order chi connectivity index (χ1) is 8.81. The molecule has 4 nitrogen and oxygen atoms in total. The number of nitrogens with one attached hydrogen (secondary N) is 2. The molecule has 0 aliphatic heterocycles. The van der Waals surface area contributed by atoms with Gasteiger partial charge in [-0.1, -0.05) is 30.3 Å². The molecule has 1 aromatic heterocycles. The van der Waals surface area contributed by atoms with Crippen LogP contribution in [-0.4, -0.2) is 17.9 Å². The molecule has 0 bridgehead atoms. The van der Waals surface area contributed by atoms with Crippen molar-refractivity contribution in [2.24, 2.45) is 0 Å². The van der Waals surface area contributed by atoms with E-state index >= 15 is 0 Å². The Morgan fingerprint density at radius 2 is 1.94 bits per heavy atom. The predicted molar refractivity (Wildman–Crippen MR) is 71.4 cm³/mol. The molecule has 18 heavy (non-hydrogen) atoms. The van der Waals surface area contributed by atoms with Gasteiger partial charge in [0.05, 0.1) is 5.56 Å². The summed E-state index contributed by atoms with van der Waals surface area (Å²) in [6, 6.07) is 13.3. The first-order valence-electron chi connectivity index (χ1n) is 5.76. The van der Waals surface area contributed by atoms with Crippen molar-refractivity contribution < 1.29 is 4.79 Å². The maximum Gasteiger partial charge on any atom is 0.255 e. The van der Waals surface area contributed by atoms with Gasteiger partial charge in [-0.25, -0.2) is 4.98 Å². The van der Waals surface area contributed by atoms with Crippen molar-refractivity contribution in [3.05, 3.63) is 59.8 Å². The Morgan fingerprint density at radius 1 is 1.17 bits per heavy atom. The van der Waals surface area contributed by atoms with Crippen LogP contribution in [0.5, 0.6) is 0 Å². The molecule has 0 aliphatic carbocycles. The second-order valence-corrected chi connectivity index (χ2v) is 3.82. The molecule has 2 rings (SSSR count). The van der Waals surface area contributed by atoms with Crippen molar-refractivity contribution in [2.45, 2.75) is 6.54 Å². The second-order valence-electron chi connectivity index (χ2n) is 3.82. The summed E-state index contributed by atoms with van der Waals surface area (Å²) < 4.78 is 0. The Bertz CT molecular complexity index is 526. The molecule has 0 aliphatic rings. The molecule has 2 N–H and O–H groups in total. The quantitative estimate of drug-likeness (QED) is 0.861. The summed E-state index contributed by atoms with van der Waals surface area (Å²) in [7, 11) is 1.75. The molecule has 1 heterocycles. The van der Waals surface area contributed by atoms with E-state index in [1.54, 1.807) is 25.4 Å². The number of carbonyl (C=O) groups excluding carboxylic acids is 1. The first kappa shape index (κ1) is 12.1. The molecule has 0 saturated carbocycles. The van der Waals surface area contributed by atoms with Crippen LogP contribution in [0.3, 0.4) is 0 Å². The van der Waals surface area contributed by atoms with E-state index in [-0.39, 0.29) is 5.91 Å². The van der Waals surface area contributed by atoms with Crippen molar-refractivity contribution in [1.82, 2.24) is 10.3 Å². The topological polar surface area (TPSA) is 54.0 Å². The summed E-state index contributed by atoms with van der Waals surface area (Å²) in [5.41, 5.74) is 1.62. The van der Waals surface area contributed by atoms with Crippen LogP contribution in [0.1, 0.15) is 15.9 Å². The zero-order valence-electron chi connectivity index (χ0n) is 10.2. The third kappa shape index (κ3) is 2.85. The Morgan fingerprint density at radius 3 is 2.67 bits per heavy atom. The lowest BCUT2D eigenvalue weighted by molar-refractivity contribution is 0.0951. The molecule has 0 atom stereocenters. The number of amides is 1. The van der Waals surface area contributed by atoms with Crippen LogP contribution in [0.4, 0.5) is 5.82 Å². The van der Waals surface area contributed by atoms with Gasteiger partial charge < -0.3 is 10.6 Å². The molecule has 1 amide bonds. The average Bonchev–Trinajstić information content (AvgIpc) is 2.45. The summed E-state index contributed by atoms with van der Waals surface area (Å²) in [5.74, 6) is 0.458. The monoisotopic (exact) mass is 241 g/mol. The summed E-state index contributed by atoms with van der Waals surface area (Å²) in [6.07, 6.45) is 1.65. The average molecular weight is 241 g/mol. The van der Waals surface area contributed by atoms with Crippen molar-refractivity contribution >= 4 is 11.7 Å². The highest BCUT2D eigenvalue weighted by Crippen LogP contribution is 2.10. The van der Waals surface area contributed by atoms with Crippen LogP contribution in [0, 0.1) is 0 Å². The largest absolute Gasteiger partial charge is 0.372 e. The normalized spacial score (nSPS) is 9.83. The molecular weight excluding hydrogens is 226 g/mol. The van der Waals surface area contributed by atoms with E-state index in [2.05, 4.69) is 15.6 Å². The molecule has 0 unspecified atom stereocenters. The van der Waals surface area contributed by atoms with Gasteiger partial charge in [0.1, 0.15) is 5.82 Å². The number of pyridine rings is 1. The molecule has 92 valence electrons. The zero-order chi connectivity index (χ0) is 12.8. The van der Waals surface area contributed by atoms with E-state index < -0.39 is 0 Å². The van der Waals surface area contributed by atoms with Crippen LogP contribution in [0.25, 0.3) is 0 Å². The van der Waals surface area contributed by atoms with Gasteiger partial charge in [-0.2, -0.15) is 0 Å². The minimum absolute atomic E-state index is 0.128. The fourth-order valence-corrected chi connectivity index (χ4v) is 1.66. The Balaban J connectivity index is 2.04. The standard InChI is InChI=1S/C14H15N3O/c1-15-13-12(8-5-9-16-13)14(18)17-10-11-6-3-2-4-7-11/h2-9H,10H2,1H3,(H,15,16)(H,17,18). The summed E-state index contributed by atoms with van der Waals surface area (Å²) in [4.78, 5) is 16.1. The fourth-order valence-electron chi connectivity index (χ4n) is 1.66. The van der Waals surface area contributed by atoms with Crippen LogP contribution in [0.2, 0.25) is 0 Å². The lowest BCUT2D eigenvalue weighted by Crippen LogP contribution is -2.24. The lowest BCUT2D eigenvalue weighted by atomic mass is 10.2. The molecule has 0 spiro atoms. The fraction of sp³-hybridized carbons (Fsp3) is 0.143. The van der Waals surface area contributed by atoms with Gasteiger partial charge in [-0.3, -0.25) is 4.79 Å². The number of rotatable bonds is 4. The third-order valence-corrected chi connectivity index (χ3v) is 2.59. The van der Waals surface area contributed by atoms with E-state index in [0.717, 1.165) is 5.56 Å². The highest BCUT2D eigenvalue weighted by atomic mass is 16.1. The maximum absolute atomic E-state index is 12.0. The van der Waals surface area contributed by atoms with E-state index in [1.165, 1.54) is 0 Å². The molecular formula is C14H15N3O. The van der Waals surface area contributed by atoms with E-state index in [9.17, 15) is 4.79 Å². The highest BCUT2D eigenvalue weighted by molar-refractivity contribution is 5.98. The van der Waals surface area contributed by atoms with Gasteiger partial charge in [0, 0.05) is 19.8 Å². The molecule has 0 saturated heterocycles. The smallest absolute Gasteiger partial charge is 0.255 e. The Kier molecular flexibility index (Phi) is 3.91. The van der Waals surface area contributed by atoms with Crippen LogP contribution >= 0.6 is 0 Å². The molecule has 0 radical (unpaired) electrons.